The molecule has 0 aliphatic carbocycles. The van der Waals surface area contributed by atoms with E-state index in [0.717, 1.165) is 30.3 Å². The number of nitrogens with zero attached hydrogens (tertiary/aromatic N) is 1. The van der Waals surface area contributed by atoms with E-state index in [2.05, 4.69) is 10.2 Å². The van der Waals surface area contributed by atoms with E-state index in [1.54, 1.807) is 0 Å². The fourth-order valence-corrected chi connectivity index (χ4v) is 3.14. The zero-order chi connectivity index (χ0) is 17.5. The predicted molar refractivity (Wildman–Crippen MR) is 101 cm³/mol. The molecule has 1 heterocycles. The fourth-order valence-electron chi connectivity index (χ4n) is 3.01. The van der Waals surface area contributed by atoms with Crippen LogP contribution in [0, 0.1) is 5.92 Å². The van der Waals surface area contributed by atoms with Gasteiger partial charge in [0, 0.05) is 30.3 Å². The van der Waals surface area contributed by atoms with E-state index in [9.17, 15) is 4.79 Å². The van der Waals surface area contributed by atoms with Gasteiger partial charge in [-0.3, -0.25) is 4.79 Å². The number of nitrogens with one attached hydrogen (secondary N) is 1. The van der Waals surface area contributed by atoms with Crippen LogP contribution in [0.1, 0.15) is 12.8 Å². The largest absolute Gasteiger partial charge is 0.493 e. The third-order valence-corrected chi connectivity index (χ3v) is 4.66. The summed E-state index contributed by atoms with van der Waals surface area (Å²) in [5.74, 6) is 1.32. The van der Waals surface area contributed by atoms with Crippen LogP contribution >= 0.6 is 11.6 Å². The van der Waals surface area contributed by atoms with Crippen LogP contribution in [0.4, 0.5) is 5.69 Å². The third-order valence-electron chi connectivity index (χ3n) is 4.41. The molecule has 0 saturated carbocycles. The van der Waals surface area contributed by atoms with E-state index in [1.165, 1.54) is 5.69 Å². The van der Waals surface area contributed by atoms with Gasteiger partial charge in [-0.1, -0.05) is 29.8 Å². The van der Waals surface area contributed by atoms with Crippen molar-refractivity contribution in [1.82, 2.24) is 5.32 Å². The molecule has 2 aromatic rings. The van der Waals surface area contributed by atoms with E-state index in [-0.39, 0.29) is 5.91 Å². The van der Waals surface area contributed by atoms with Gasteiger partial charge in [0.1, 0.15) is 5.75 Å². The van der Waals surface area contributed by atoms with Crippen LogP contribution in [-0.2, 0) is 4.79 Å². The maximum absolute atomic E-state index is 12.0. The SMILES string of the molecule is O=C(CCOc1ccccc1)NCC1CCN(c2ccc(Cl)cc2)C1. The number of para-hydroxylation sites is 1. The molecular formula is C20H23ClN2O2. The summed E-state index contributed by atoms with van der Waals surface area (Å²) in [7, 11) is 0. The molecule has 1 saturated heterocycles. The van der Waals surface area contributed by atoms with Crippen LogP contribution in [0.2, 0.25) is 5.02 Å². The van der Waals surface area contributed by atoms with E-state index in [4.69, 9.17) is 16.3 Å². The van der Waals surface area contributed by atoms with Crippen LogP contribution in [-0.4, -0.2) is 32.1 Å². The minimum absolute atomic E-state index is 0.0425. The Balaban J connectivity index is 1.34. The Labute approximate surface area is 153 Å². The molecule has 1 N–H and O–H groups in total. The molecule has 5 heteroatoms. The van der Waals surface area contributed by atoms with Crippen LogP contribution < -0.4 is 15.0 Å². The number of anilines is 1. The van der Waals surface area contributed by atoms with Crippen molar-refractivity contribution in [2.75, 3.05) is 31.1 Å². The van der Waals surface area contributed by atoms with Gasteiger partial charge < -0.3 is 15.0 Å². The average molecular weight is 359 g/mol. The van der Waals surface area contributed by atoms with Gasteiger partial charge in [0.05, 0.1) is 13.0 Å². The molecule has 1 aliphatic rings. The Hall–Kier alpha value is -2.20. The molecular weight excluding hydrogens is 336 g/mol. The number of carbonyl (C=O) groups is 1. The fraction of sp³-hybridized carbons (Fsp3) is 0.350. The van der Waals surface area contributed by atoms with Crippen LogP contribution in [0.5, 0.6) is 5.75 Å². The topological polar surface area (TPSA) is 41.6 Å². The highest BCUT2D eigenvalue weighted by Gasteiger charge is 2.23. The van der Waals surface area contributed by atoms with Crippen LogP contribution in [0.3, 0.4) is 0 Å². The molecule has 25 heavy (non-hydrogen) atoms. The molecule has 3 rings (SSSR count). The number of hydrogen-bond donors (Lipinski definition) is 1. The molecule has 1 atom stereocenters. The minimum atomic E-state index is 0.0425. The highest BCUT2D eigenvalue weighted by molar-refractivity contribution is 6.30. The van der Waals surface area contributed by atoms with Gasteiger partial charge in [-0.2, -0.15) is 0 Å². The third kappa shape index (κ3) is 5.40. The molecule has 0 bridgehead atoms. The van der Waals surface area contributed by atoms with Crippen LogP contribution in [0.25, 0.3) is 0 Å². The Bertz CT molecular complexity index is 676. The van der Waals surface area contributed by atoms with Crippen molar-refractivity contribution in [3.63, 3.8) is 0 Å². The molecule has 132 valence electrons. The summed E-state index contributed by atoms with van der Waals surface area (Å²) in [5.41, 5.74) is 1.19. The number of benzene rings is 2. The Morgan fingerprint density at radius 2 is 1.92 bits per heavy atom. The van der Waals surface area contributed by atoms with Crippen molar-refractivity contribution in [2.24, 2.45) is 5.92 Å². The quantitative estimate of drug-likeness (QED) is 0.819. The minimum Gasteiger partial charge on any atom is -0.493 e. The summed E-state index contributed by atoms with van der Waals surface area (Å²) in [6.45, 7) is 3.09. The first-order valence-electron chi connectivity index (χ1n) is 8.66. The highest BCUT2D eigenvalue weighted by Crippen LogP contribution is 2.24. The summed E-state index contributed by atoms with van der Waals surface area (Å²) in [4.78, 5) is 14.3. The van der Waals surface area contributed by atoms with Crippen LogP contribution in [0.15, 0.2) is 54.6 Å². The highest BCUT2D eigenvalue weighted by atomic mass is 35.5. The van der Waals surface area contributed by atoms with Gasteiger partial charge in [-0.25, -0.2) is 0 Å². The van der Waals surface area contributed by atoms with E-state index in [0.29, 0.717) is 25.5 Å². The molecule has 0 aromatic heterocycles. The second kappa shape index (κ2) is 8.77. The Morgan fingerprint density at radius 3 is 2.68 bits per heavy atom. The predicted octanol–water partition coefficient (Wildman–Crippen LogP) is 3.75. The van der Waals surface area contributed by atoms with Crippen molar-refractivity contribution >= 4 is 23.2 Å². The number of amides is 1. The summed E-state index contributed by atoms with van der Waals surface area (Å²) in [6.07, 6.45) is 1.46. The maximum Gasteiger partial charge on any atom is 0.223 e. The summed E-state index contributed by atoms with van der Waals surface area (Å²) in [6, 6.07) is 17.5. The lowest BCUT2D eigenvalue weighted by molar-refractivity contribution is -0.121. The number of halogens is 1. The molecule has 1 aliphatic heterocycles. The Morgan fingerprint density at radius 1 is 1.16 bits per heavy atom. The van der Waals surface area contributed by atoms with Gasteiger partial charge >= 0.3 is 0 Å². The van der Waals surface area contributed by atoms with Gasteiger partial charge in [-0.15, -0.1) is 0 Å². The molecule has 2 aromatic carbocycles. The van der Waals surface area contributed by atoms with E-state index >= 15 is 0 Å². The van der Waals surface area contributed by atoms with Gasteiger partial charge in [-0.05, 0) is 48.7 Å². The monoisotopic (exact) mass is 358 g/mol. The summed E-state index contributed by atoms with van der Waals surface area (Å²) in [5, 5.41) is 3.78. The van der Waals surface area contributed by atoms with Gasteiger partial charge in [0.25, 0.3) is 0 Å². The molecule has 0 radical (unpaired) electrons. The molecule has 4 nitrogen and oxygen atoms in total. The second-order valence-corrected chi connectivity index (χ2v) is 6.73. The normalized spacial score (nSPS) is 16.7. The zero-order valence-corrected chi connectivity index (χ0v) is 14.9. The van der Waals surface area contributed by atoms with Crippen molar-refractivity contribution in [3.8, 4) is 5.75 Å². The van der Waals surface area contributed by atoms with Crippen molar-refractivity contribution in [3.05, 3.63) is 59.6 Å². The lowest BCUT2D eigenvalue weighted by atomic mass is 10.1. The van der Waals surface area contributed by atoms with Gasteiger partial charge in [0.15, 0.2) is 0 Å². The van der Waals surface area contributed by atoms with Gasteiger partial charge in [0.2, 0.25) is 5.91 Å². The molecule has 0 spiro atoms. The molecule has 1 amide bonds. The van der Waals surface area contributed by atoms with E-state index in [1.807, 2.05) is 54.6 Å². The first-order valence-corrected chi connectivity index (χ1v) is 9.03. The first-order chi connectivity index (χ1) is 12.2. The summed E-state index contributed by atoms with van der Waals surface area (Å²) >= 11 is 5.94. The first kappa shape index (κ1) is 17.6. The zero-order valence-electron chi connectivity index (χ0n) is 14.2. The second-order valence-electron chi connectivity index (χ2n) is 6.29. The standard InChI is InChI=1S/C20H23ClN2O2/c21-17-6-8-18(9-7-17)23-12-10-16(15-23)14-22-20(24)11-13-25-19-4-2-1-3-5-19/h1-9,16H,10-15H2,(H,22,24). The number of carbonyl (C=O) groups excluding carboxylic acids is 1. The molecule has 1 unspecified atom stereocenters. The van der Waals surface area contributed by atoms with Crippen molar-refractivity contribution in [1.29, 1.82) is 0 Å². The van der Waals surface area contributed by atoms with Crippen molar-refractivity contribution < 1.29 is 9.53 Å². The van der Waals surface area contributed by atoms with E-state index < -0.39 is 0 Å². The number of hydrogen-bond acceptors (Lipinski definition) is 3. The number of rotatable bonds is 7. The lowest BCUT2D eigenvalue weighted by Crippen LogP contribution is -2.31. The van der Waals surface area contributed by atoms with Crippen molar-refractivity contribution in [2.45, 2.75) is 12.8 Å². The number of ether oxygens (including phenoxy) is 1. The average Bonchev–Trinajstić information content (AvgIpc) is 3.10. The summed E-state index contributed by atoms with van der Waals surface area (Å²) < 4.78 is 5.55. The lowest BCUT2D eigenvalue weighted by Gasteiger charge is -2.19. The maximum atomic E-state index is 12.0. The smallest absolute Gasteiger partial charge is 0.223 e. The Kier molecular flexibility index (Phi) is 6.18. The molecule has 1 fully saturated rings.